The Morgan fingerprint density at radius 2 is 1.90 bits per heavy atom. The highest BCUT2D eigenvalue weighted by Gasteiger charge is 2.27. The highest BCUT2D eigenvalue weighted by atomic mass is 16.6. The van der Waals surface area contributed by atoms with E-state index in [1.165, 1.54) is 18.2 Å². The van der Waals surface area contributed by atoms with Crippen molar-refractivity contribution in [3.8, 4) is 0 Å². The first-order valence-corrected chi connectivity index (χ1v) is 6.21. The highest BCUT2D eigenvalue weighted by Crippen LogP contribution is 2.21. The highest BCUT2D eigenvalue weighted by molar-refractivity contribution is 5.98. The van der Waals surface area contributed by atoms with E-state index in [0.29, 0.717) is 12.8 Å². The summed E-state index contributed by atoms with van der Waals surface area (Å²) in [6.45, 7) is 9.17. The largest absolute Gasteiger partial charge is 0.346 e. The van der Waals surface area contributed by atoms with Crippen molar-refractivity contribution in [1.29, 1.82) is 0 Å². The maximum absolute atomic E-state index is 12.3. The van der Waals surface area contributed by atoms with E-state index in [9.17, 15) is 14.9 Å². The van der Waals surface area contributed by atoms with Gasteiger partial charge in [-0.15, -0.1) is 13.2 Å². The standard InChI is InChI=1S/C15H18N2O3/c1-4-10-15(3,11-5-2)16-14(18)12-8-6-7-9-13(12)17(19)20/h4-9H,1-2,10-11H2,3H3,(H,16,18). The minimum absolute atomic E-state index is 0.0526. The monoisotopic (exact) mass is 274 g/mol. The number of nitro benzene ring substituents is 1. The lowest BCUT2D eigenvalue weighted by Crippen LogP contribution is -2.45. The molecule has 106 valence electrons. The van der Waals surface area contributed by atoms with Gasteiger partial charge in [0.25, 0.3) is 11.6 Å². The quantitative estimate of drug-likeness (QED) is 0.471. The van der Waals surface area contributed by atoms with Crippen LogP contribution in [0.1, 0.15) is 30.1 Å². The molecule has 0 aromatic heterocycles. The Bertz CT molecular complexity index is 528. The van der Waals surface area contributed by atoms with Gasteiger partial charge in [-0.05, 0) is 25.8 Å². The molecular weight excluding hydrogens is 256 g/mol. The number of carbonyl (C=O) groups excluding carboxylic acids is 1. The molecule has 1 aromatic carbocycles. The van der Waals surface area contributed by atoms with Crippen LogP contribution >= 0.6 is 0 Å². The second-order valence-electron chi connectivity index (χ2n) is 4.77. The van der Waals surface area contributed by atoms with E-state index in [1.54, 1.807) is 18.2 Å². The van der Waals surface area contributed by atoms with Gasteiger partial charge in [-0.1, -0.05) is 24.3 Å². The first-order chi connectivity index (χ1) is 9.43. The molecule has 0 saturated carbocycles. The predicted molar refractivity (Wildman–Crippen MR) is 78.6 cm³/mol. The molecule has 0 aliphatic heterocycles. The summed E-state index contributed by atoms with van der Waals surface area (Å²) in [7, 11) is 0. The molecule has 1 rings (SSSR count). The molecule has 0 unspecified atom stereocenters. The fourth-order valence-corrected chi connectivity index (χ4v) is 1.99. The zero-order valence-electron chi connectivity index (χ0n) is 11.5. The molecule has 0 aliphatic carbocycles. The number of nitro groups is 1. The topological polar surface area (TPSA) is 72.2 Å². The lowest BCUT2D eigenvalue weighted by Gasteiger charge is -2.28. The number of benzene rings is 1. The SMILES string of the molecule is C=CCC(C)(CC=C)NC(=O)c1ccccc1[N+](=O)[O-]. The minimum Gasteiger partial charge on any atom is -0.346 e. The summed E-state index contributed by atoms with van der Waals surface area (Å²) in [6.07, 6.45) is 4.49. The summed E-state index contributed by atoms with van der Waals surface area (Å²) in [4.78, 5) is 22.6. The van der Waals surface area contributed by atoms with Crippen LogP contribution < -0.4 is 5.32 Å². The van der Waals surface area contributed by atoms with E-state index in [0.717, 1.165) is 0 Å². The lowest BCUT2D eigenvalue weighted by atomic mass is 9.93. The Morgan fingerprint density at radius 1 is 1.35 bits per heavy atom. The van der Waals surface area contributed by atoms with Gasteiger partial charge in [0, 0.05) is 11.6 Å². The van der Waals surface area contributed by atoms with Crippen molar-refractivity contribution in [2.75, 3.05) is 0 Å². The van der Waals surface area contributed by atoms with Crippen LogP contribution in [0.2, 0.25) is 0 Å². The third-order valence-corrected chi connectivity index (χ3v) is 2.95. The Balaban J connectivity index is 3.03. The molecule has 0 aliphatic rings. The van der Waals surface area contributed by atoms with Gasteiger partial charge in [0.1, 0.15) is 5.56 Å². The smallest absolute Gasteiger partial charge is 0.282 e. The van der Waals surface area contributed by atoms with Crippen molar-refractivity contribution in [3.05, 3.63) is 65.3 Å². The maximum atomic E-state index is 12.3. The molecule has 1 aromatic rings. The van der Waals surface area contributed by atoms with Crippen molar-refractivity contribution in [3.63, 3.8) is 0 Å². The van der Waals surface area contributed by atoms with Crippen molar-refractivity contribution in [2.45, 2.75) is 25.3 Å². The number of hydrogen-bond donors (Lipinski definition) is 1. The minimum atomic E-state index is -0.562. The zero-order valence-corrected chi connectivity index (χ0v) is 11.5. The molecule has 0 radical (unpaired) electrons. The second kappa shape index (κ2) is 6.65. The van der Waals surface area contributed by atoms with Crippen molar-refractivity contribution in [2.24, 2.45) is 0 Å². The normalized spacial score (nSPS) is 10.7. The third kappa shape index (κ3) is 3.78. The fraction of sp³-hybridized carbons (Fsp3) is 0.267. The van der Waals surface area contributed by atoms with Gasteiger partial charge in [0.05, 0.1) is 4.92 Å². The lowest BCUT2D eigenvalue weighted by molar-refractivity contribution is -0.385. The van der Waals surface area contributed by atoms with Crippen molar-refractivity contribution >= 4 is 11.6 Å². The number of carbonyl (C=O) groups is 1. The summed E-state index contributed by atoms with van der Waals surface area (Å²) in [5.74, 6) is -0.469. The predicted octanol–water partition coefficient (Wildman–Crippen LogP) is 3.24. The van der Waals surface area contributed by atoms with E-state index in [4.69, 9.17) is 0 Å². The zero-order chi connectivity index (χ0) is 15.2. The van der Waals surface area contributed by atoms with Crippen LogP contribution in [0.25, 0.3) is 0 Å². The summed E-state index contributed by atoms with van der Waals surface area (Å²) < 4.78 is 0. The fourth-order valence-electron chi connectivity index (χ4n) is 1.99. The van der Waals surface area contributed by atoms with Crippen LogP contribution in [-0.4, -0.2) is 16.4 Å². The summed E-state index contributed by atoms with van der Waals surface area (Å²) in [5.41, 5.74) is -0.703. The molecule has 1 amide bonds. The van der Waals surface area contributed by atoms with Crippen LogP contribution in [0.3, 0.4) is 0 Å². The van der Waals surface area contributed by atoms with Gasteiger partial charge in [-0.25, -0.2) is 0 Å². The second-order valence-corrected chi connectivity index (χ2v) is 4.77. The molecule has 20 heavy (non-hydrogen) atoms. The van der Waals surface area contributed by atoms with Gasteiger partial charge in [0.15, 0.2) is 0 Å². The van der Waals surface area contributed by atoms with Gasteiger partial charge < -0.3 is 5.32 Å². The summed E-state index contributed by atoms with van der Waals surface area (Å²) in [5, 5.41) is 13.8. The van der Waals surface area contributed by atoms with Gasteiger partial charge in [-0.2, -0.15) is 0 Å². The molecule has 0 spiro atoms. The summed E-state index contributed by atoms with van der Waals surface area (Å²) >= 11 is 0. The number of para-hydroxylation sites is 1. The molecule has 0 saturated heterocycles. The Kier molecular flexibility index (Phi) is 5.20. The Morgan fingerprint density at radius 3 is 2.40 bits per heavy atom. The Hall–Kier alpha value is -2.43. The Labute approximate surface area is 118 Å². The van der Waals surface area contributed by atoms with E-state index in [1.807, 2.05) is 6.92 Å². The maximum Gasteiger partial charge on any atom is 0.282 e. The van der Waals surface area contributed by atoms with E-state index in [-0.39, 0.29) is 11.3 Å². The van der Waals surface area contributed by atoms with E-state index >= 15 is 0 Å². The van der Waals surface area contributed by atoms with Crippen LogP contribution in [0.5, 0.6) is 0 Å². The molecule has 5 heteroatoms. The van der Waals surface area contributed by atoms with Crippen LogP contribution in [0, 0.1) is 10.1 Å². The van der Waals surface area contributed by atoms with Crippen LogP contribution in [0.4, 0.5) is 5.69 Å². The molecule has 0 fully saturated rings. The number of nitrogens with zero attached hydrogens (tertiary/aromatic N) is 1. The van der Waals surface area contributed by atoms with Gasteiger partial charge in [0.2, 0.25) is 0 Å². The molecule has 1 N–H and O–H groups in total. The molecule has 0 heterocycles. The average Bonchev–Trinajstić information content (AvgIpc) is 2.38. The third-order valence-electron chi connectivity index (χ3n) is 2.95. The molecular formula is C15H18N2O3. The number of nitrogens with one attached hydrogen (secondary N) is 1. The van der Waals surface area contributed by atoms with Gasteiger partial charge in [-0.3, -0.25) is 14.9 Å². The summed E-state index contributed by atoms with van der Waals surface area (Å²) in [6, 6.07) is 5.88. The number of amides is 1. The van der Waals surface area contributed by atoms with E-state index < -0.39 is 16.4 Å². The van der Waals surface area contributed by atoms with E-state index in [2.05, 4.69) is 18.5 Å². The van der Waals surface area contributed by atoms with Crippen molar-refractivity contribution in [1.82, 2.24) is 5.32 Å². The molecule has 0 bridgehead atoms. The molecule has 0 atom stereocenters. The first kappa shape index (κ1) is 15.6. The average molecular weight is 274 g/mol. The van der Waals surface area contributed by atoms with Crippen molar-refractivity contribution < 1.29 is 9.72 Å². The van der Waals surface area contributed by atoms with Crippen LogP contribution in [-0.2, 0) is 0 Å². The van der Waals surface area contributed by atoms with Crippen LogP contribution in [0.15, 0.2) is 49.6 Å². The number of hydrogen-bond acceptors (Lipinski definition) is 3. The number of rotatable bonds is 7. The van der Waals surface area contributed by atoms with Gasteiger partial charge >= 0.3 is 0 Å². The first-order valence-electron chi connectivity index (χ1n) is 6.21. The molecule has 5 nitrogen and oxygen atoms in total.